The first-order chi connectivity index (χ1) is 6.00. The van der Waals surface area contributed by atoms with E-state index in [4.69, 9.17) is 0 Å². The standard InChI is InChI=1S/3BF4.Na.H/c3*2-1(3,4)5;;/q3*-1;;. The first-order valence-electron chi connectivity index (χ1n) is 2.62. The first kappa shape index (κ1) is 25.3. The third-order valence-electron chi connectivity index (χ3n) is 0. The Morgan fingerprint density at radius 1 is 0.312 bits per heavy atom. The minimum atomic E-state index is -6.00. The van der Waals surface area contributed by atoms with Gasteiger partial charge in [-0.2, -0.15) is 0 Å². The van der Waals surface area contributed by atoms with Crippen LogP contribution in [-0.4, -0.2) is 51.3 Å². The fourth-order valence-electron chi connectivity index (χ4n) is 0. The zero-order valence-corrected chi connectivity index (χ0v) is 6.27. The molecule has 0 aromatic heterocycles. The van der Waals surface area contributed by atoms with Gasteiger partial charge < -0.3 is 51.8 Å². The van der Waals surface area contributed by atoms with Crippen molar-refractivity contribution in [3.05, 3.63) is 0 Å². The summed E-state index contributed by atoms with van der Waals surface area (Å²) in [5.74, 6) is 0. The summed E-state index contributed by atoms with van der Waals surface area (Å²) < 4.78 is 117. The van der Waals surface area contributed by atoms with Crippen molar-refractivity contribution in [3.63, 3.8) is 0 Å². The van der Waals surface area contributed by atoms with E-state index in [0.29, 0.717) is 0 Å². The van der Waals surface area contributed by atoms with Crippen molar-refractivity contribution in [1.82, 2.24) is 0 Å². The molecule has 0 rings (SSSR count). The summed E-state index contributed by atoms with van der Waals surface area (Å²) in [6.07, 6.45) is 0. The molecule has 0 saturated heterocycles. The van der Waals surface area contributed by atoms with Gasteiger partial charge in [0.1, 0.15) is 0 Å². The van der Waals surface area contributed by atoms with E-state index >= 15 is 0 Å². The Bertz CT molecular complexity index is 91.3. The van der Waals surface area contributed by atoms with Gasteiger partial charge in [0, 0.05) is 0 Å². The van der Waals surface area contributed by atoms with Crippen LogP contribution in [0.5, 0.6) is 0 Å². The second-order valence-electron chi connectivity index (χ2n) is 1.48. The van der Waals surface area contributed by atoms with E-state index in [1.807, 2.05) is 0 Å². The van der Waals surface area contributed by atoms with Gasteiger partial charge in [-0.25, -0.2) is 0 Å². The number of hydrogen-bond donors (Lipinski definition) is 0. The van der Waals surface area contributed by atoms with E-state index in [2.05, 4.69) is 0 Å². The van der Waals surface area contributed by atoms with Crippen molar-refractivity contribution in [1.29, 1.82) is 0 Å². The Morgan fingerprint density at radius 3 is 0.312 bits per heavy atom. The van der Waals surface area contributed by atoms with E-state index in [9.17, 15) is 51.8 Å². The Labute approximate surface area is 103 Å². The summed E-state index contributed by atoms with van der Waals surface area (Å²) in [6.45, 7) is 0. The number of rotatable bonds is 0. The molecule has 0 aliphatic carbocycles. The van der Waals surface area contributed by atoms with E-state index in [0.717, 1.165) is 0 Å². The first-order valence-corrected chi connectivity index (χ1v) is 2.62. The van der Waals surface area contributed by atoms with Crippen LogP contribution in [0.1, 0.15) is 0 Å². The number of hydrogen-bond acceptors (Lipinski definition) is 0. The van der Waals surface area contributed by atoms with Crippen molar-refractivity contribution in [2.75, 3.05) is 0 Å². The molecule has 16 heavy (non-hydrogen) atoms. The Morgan fingerprint density at radius 2 is 0.312 bits per heavy atom. The van der Waals surface area contributed by atoms with Gasteiger partial charge in [0.05, 0.1) is 0 Å². The van der Waals surface area contributed by atoms with Crippen LogP contribution < -0.4 is 0 Å². The van der Waals surface area contributed by atoms with Gasteiger partial charge in [0.2, 0.25) is 0 Å². The van der Waals surface area contributed by atoms with E-state index in [-0.39, 0.29) is 29.6 Å². The molecule has 0 heterocycles. The molecule has 0 aliphatic rings. The van der Waals surface area contributed by atoms with Gasteiger partial charge in [-0.15, -0.1) is 0 Å². The predicted octanol–water partition coefficient (Wildman–Crippen LogP) is 3.25. The third kappa shape index (κ3) is 20300. The molecule has 16 heteroatoms. The molecule has 0 N–H and O–H groups in total. The van der Waals surface area contributed by atoms with E-state index in [1.165, 1.54) is 0 Å². The molecule has 0 radical (unpaired) electrons. The molecule has 0 aromatic rings. The quantitative estimate of drug-likeness (QED) is 0.473. The van der Waals surface area contributed by atoms with Gasteiger partial charge >= 0.3 is 51.3 Å². The van der Waals surface area contributed by atoms with E-state index < -0.39 is 21.8 Å². The number of halogens is 12. The van der Waals surface area contributed by atoms with Crippen LogP contribution in [0.25, 0.3) is 0 Å². The van der Waals surface area contributed by atoms with Gasteiger partial charge in [0.25, 0.3) is 0 Å². The summed E-state index contributed by atoms with van der Waals surface area (Å²) in [5.41, 5.74) is 0. The SMILES string of the molecule is F[B-](F)(F)F.F[B-](F)(F)F.F[B-](F)(F)F.[NaH]. The van der Waals surface area contributed by atoms with Crippen LogP contribution in [0.3, 0.4) is 0 Å². The van der Waals surface area contributed by atoms with Crippen molar-refractivity contribution in [3.8, 4) is 0 Å². The Hall–Kier alpha value is 0.355. The Balaban J connectivity index is -0.0000000655. The van der Waals surface area contributed by atoms with Crippen LogP contribution in [0.2, 0.25) is 0 Å². The molecule has 98 valence electrons. The molecule has 0 amide bonds. The fourth-order valence-corrected chi connectivity index (χ4v) is 0. The summed E-state index contributed by atoms with van der Waals surface area (Å²) >= 11 is 0. The molecule has 0 aliphatic heterocycles. The predicted molar refractivity (Wildman–Crippen MR) is 37.7 cm³/mol. The van der Waals surface area contributed by atoms with Crippen molar-refractivity contribution >= 4 is 51.3 Å². The Kier molecular flexibility index (Phi) is 14.8. The molecule has 0 fully saturated rings. The topological polar surface area (TPSA) is 0 Å². The molecule has 0 saturated carbocycles. The second-order valence-corrected chi connectivity index (χ2v) is 1.48. The monoisotopic (exact) mass is 285 g/mol. The second kappa shape index (κ2) is 9.39. The van der Waals surface area contributed by atoms with E-state index in [1.54, 1.807) is 0 Å². The molecule has 0 bridgehead atoms. The molecule has 0 spiro atoms. The van der Waals surface area contributed by atoms with Crippen LogP contribution >= 0.6 is 0 Å². The van der Waals surface area contributed by atoms with Crippen LogP contribution in [0.15, 0.2) is 0 Å². The molecule has 0 unspecified atom stereocenters. The fraction of sp³-hybridized carbons (Fsp3) is 0. The average Bonchev–Trinajstić information content (AvgIpc) is 1.41. The molecular weight excluding hydrogens is 283 g/mol. The van der Waals surface area contributed by atoms with Gasteiger partial charge in [-0.1, -0.05) is 0 Å². The maximum absolute atomic E-state index is 9.75. The average molecular weight is 284 g/mol. The van der Waals surface area contributed by atoms with Crippen LogP contribution in [-0.2, 0) is 0 Å². The molecular formula is HB3F12Na-3. The van der Waals surface area contributed by atoms with Gasteiger partial charge in [-0.3, -0.25) is 0 Å². The molecule has 0 aromatic carbocycles. The summed E-state index contributed by atoms with van der Waals surface area (Å²) in [5, 5.41) is 0. The van der Waals surface area contributed by atoms with Crippen LogP contribution in [0.4, 0.5) is 51.8 Å². The zero-order chi connectivity index (χ0) is 13.5. The third-order valence-corrected chi connectivity index (χ3v) is 0. The molecule has 0 atom stereocenters. The molecule has 0 nitrogen and oxygen atoms in total. The van der Waals surface area contributed by atoms with Crippen molar-refractivity contribution in [2.24, 2.45) is 0 Å². The van der Waals surface area contributed by atoms with Gasteiger partial charge in [-0.05, 0) is 0 Å². The summed E-state index contributed by atoms with van der Waals surface area (Å²) in [6, 6.07) is 0. The summed E-state index contributed by atoms with van der Waals surface area (Å²) in [4.78, 5) is 0. The summed E-state index contributed by atoms with van der Waals surface area (Å²) in [7, 11) is -18.0. The van der Waals surface area contributed by atoms with Crippen molar-refractivity contribution < 1.29 is 51.8 Å². The normalized spacial score (nSPS) is 11.2. The van der Waals surface area contributed by atoms with Crippen molar-refractivity contribution in [2.45, 2.75) is 0 Å². The minimum absolute atomic E-state index is 0. The van der Waals surface area contributed by atoms with Gasteiger partial charge in [0.15, 0.2) is 0 Å². The zero-order valence-electron chi connectivity index (χ0n) is 6.27. The van der Waals surface area contributed by atoms with Crippen LogP contribution in [0, 0.1) is 0 Å². The maximum atomic E-state index is 9.75.